The molecule has 0 aliphatic carbocycles. The second-order valence-electron chi connectivity index (χ2n) is 5.40. The summed E-state index contributed by atoms with van der Waals surface area (Å²) in [4.78, 5) is 10.2. The van der Waals surface area contributed by atoms with Crippen molar-refractivity contribution in [3.63, 3.8) is 0 Å². The molecular formula is C16H26N2O3. The number of hydrogen-bond donors (Lipinski definition) is 2. The topological polar surface area (TPSA) is 75.4 Å². The zero-order chi connectivity index (χ0) is 15.7. The number of nitrogens with zero attached hydrogens (tertiary/aromatic N) is 1. The average Bonchev–Trinajstić information content (AvgIpc) is 2.49. The summed E-state index contributed by atoms with van der Waals surface area (Å²) < 4.78 is 0. The van der Waals surface area contributed by atoms with Crippen molar-refractivity contribution in [2.75, 3.05) is 6.54 Å². The molecule has 0 spiro atoms. The van der Waals surface area contributed by atoms with E-state index in [4.69, 9.17) is 0 Å². The maximum atomic E-state index is 10.6. The Kier molecular flexibility index (Phi) is 7.93. The van der Waals surface area contributed by atoms with Gasteiger partial charge in [-0.1, -0.05) is 33.1 Å². The van der Waals surface area contributed by atoms with Gasteiger partial charge in [-0.2, -0.15) is 0 Å². The van der Waals surface area contributed by atoms with E-state index in [1.165, 1.54) is 25.0 Å². The smallest absolute Gasteiger partial charge is 0.269 e. The Bertz CT molecular complexity index is 420. The van der Waals surface area contributed by atoms with Crippen molar-refractivity contribution in [3.05, 3.63) is 39.9 Å². The summed E-state index contributed by atoms with van der Waals surface area (Å²) in [5.74, 6) is 0. The lowest BCUT2D eigenvalue weighted by Gasteiger charge is -2.20. The van der Waals surface area contributed by atoms with Gasteiger partial charge < -0.3 is 10.4 Å². The van der Waals surface area contributed by atoms with E-state index in [1.54, 1.807) is 12.1 Å². The highest BCUT2D eigenvalue weighted by Gasteiger charge is 2.13. The molecule has 0 saturated carbocycles. The molecule has 1 aromatic rings. The number of unbranched alkanes of at least 4 members (excludes halogenated alkanes) is 1. The van der Waals surface area contributed by atoms with Gasteiger partial charge in [0.25, 0.3) is 5.69 Å². The third kappa shape index (κ3) is 6.23. The number of aliphatic hydroxyl groups is 1. The van der Waals surface area contributed by atoms with Crippen LogP contribution in [0.4, 0.5) is 5.69 Å². The molecular weight excluding hydrogens is 268 g/mol. The molecule has 0 aromatic heterocycles. The third-order valence-electron chi connectivity index (χ3n) is 3.63. The Labute approximate surface area is 126 Å². The van der Waals surface area contributed by atoms with Crippen LogP contribution in [0.3, 0.4) is 0 Å². The van der Waals surface area contributed by atoms with Crippen LogP contribution in [0.1, 0.15) is 57.6 Å². The van der Waals surface area contributed by atoms with Crippen LogP contribution in [0.2, 0.25) is 0 Å². The summed E-state index contributed by atoms with van der Waals surface area (Å²) in [5.41, 5.74) is 0.754. The lowest BCUT2D eigenvalue weighted by atomic mass is 10.0. The second kappa shape index (κ2) is 9.47. The first-order valence-electron chi connectivity index (χ1n) is 7.74. The minimum Gasteiger partial charge on any atom is -0.387 e. The summed E-state index contributed by atoms with van der Waals surface area (Å²) in [6, 6.07) is 6.53. The van der Waals surface area contributed by atoms with Gasteiger partial charge in [0.15, 0.2) is 0 Å². The largest absolute Gasteiger partial charge is 0.387 e. The molecule has 0 aliphatic heterocycles. The Morgan fingerprint density at radius 3 is 2.38 bits per heavy atom. The molecule has 2 N–H and O–H groups in total. The number of hydrogen-bond acceptors (Lipinski definition) is 4. The van der Waals surface area contributed by atoms with Gasteiger partial charge in [-0.3, -0.25) is 10.1 Å². The monoisotopic (exact) mass is 294 g/mol. The van der Waals surface area contributed by atoms with Crippen molar-refractivity contribution < 1.29 is 10.0 Å². The number of non-ortho nitro benzene ring substituents is 1. The summed E-state index contributed by atoms with van der Waals surface area (Å²) >= 11 is 0. The molecule has 0 heterocycles. The summed E-state index contributed by atoms with van der Waals surface area (Å²) in [6.07, 6.45) is 5.07. The molecule has 1 rings (SSSR count). The minimum atomic E-state index is -0.633. The second-order valence-corrected chi connectivity index (χ2v) is 5.40. The zero-order valence-electron chi connectivity index (χ0n) is 12.9. The molecule has 2 atom stereocenters. The van der Waals surface area contributed by atoms with Crippen LogP contribution in [0.5, 0.6) is 0 Å². The molecule has 0 saturated heterocycles. The highest BCUT2D eigenvalue weighted by Crippen LogP contribution is 2.18. The predicted octanol–water partition coefficient (Wildman–Crippen LogP) is 3.58. The Morgan fingerprint density at radius 2 is 1.86 bits per heavy atom. The molecule has 1 aromatic carbocycles. The van der Waals surface area contributed by atoms with Crippen molar-refractivity contribution in [2.45, 2.75) is 58.1 Å². The maximum Gasteiger partial charge on any atom is 0.269 e. The number of nitro benzene ring substituents is 1. The van der Waals surface area contributed by atoms with E-state index in [0.29, 0.717) is 18.2 Å². The van der Waals surface area contributed by atoms with E-state index in [1.807, 2.05) is 0 Å². The molecule has 0 bridgehead atoms. The highest BCUT2D eigenvalue weighted by molar-refractivity contribution is 5.33. The number of aliphatic hydroxyl groups excluding tert-OH is 1. The van der Waals surface area contributed by atoms with E-state index >= 15 is 0 Å². The molecule has 5 nitrogen and oxygen atoms in total. The SMILES string of the molecule is CCCCC(CCC)NCC(O)c1ccc([N+](=O)[O-])cc1. The molecule has 118 valence electrons. The van der Waals surface area contributed by atoms with Crippen molar-refractivity contribution >= 4 is 5.69 Å². The lowest BCUT2D eigenvalue weighted by molar-refractivity contribution is -0.384. The summed E-state index contributed by atoms with van der Waals surface area (Å²) in [6.45, 7) is 4.81. The first-order valence-corrected chi connectivity index (χ1v) is 7.74. The Balaban J connectivity index is 2.50. The Morgan fingerprint density at radius 1 is 1.19 bits per heavy atom. The number of benzene rings is 1. The van der Waals surface area contributed by atoms with E-state index in [-0.39, 0.29) is 5.69 Å². The summed E-state index contributed by atoms with van der Waals surface area (Å²) in [7, 11) is 0. The first kappa shape index (κ1) is 17.6. The minimum absolute atomic E-state index is 0.0470. The highest BCUT2D eigenvalue weighted by atomic mass is 16.6. The predicted molar refractivity (Wildman–Crippen MR) is 84.3 cm³/mol. The van der Waals surface area contributed by atoms with E-state index < -0.39 is 11.0 Å². The lowest BCUT2D eigenvalue weighted by Crippen LogP contribution is -2.32. The quantitative estimate of drug-likeness (QED) is 0.511. The van der Waals surface area contributed by atoms with Crippen LogP contribution in [0, 0.1) is 10.1 Å². The molecule has 0 fully saturated rings. The molecule has 2 unspecified atom stereocenters. The van der Waals surface area contributed by atoms with Gasteiger partial charge in [0.05, 0.1) is 11.0 Å². The van der Waals surface area contributed by atoms with Crippen LogP contribution in [0.25, 0.3) is 0 Å². The molecule has 21 heavy (non-hydrogen) atoms. The van der Waals surface area contributed by atoms with Crippen LogP contribution >= 0.6 is 0 Å². The summed E-state index contributed by atoms with van der Waals surface area (Å²) in [5, 5.41) is 24.2. The fraction of sp³-hybridized carbons (Fsp3) is 0.625. The number of nitro groups is 1. The van der Waals surface area contributed by atoms with Crippen molar-refractivity contribution in [1.29, 1.82) is 0 Å². The van der Waals surface area contributed by atoms with Crippen molar-refractivity contribution in [1.82, 2.24) is 5.32 Å². The first-order chi connectivity index (χ1) is 10.1. The van der Waals surface area contributed by atoms with Crippen molar-refractivity contribution in [3.8, 4) is 0 Å². The molecule has 0 amide bonds. The van der Waals surface area contributed by atoms with Gasteiger partial charge in [-0.05, 0) is 30.5 Å². The fourth-order valence-electron chi connectivity index (χ4n) is 2.36. The van der Waals surface area contributed by atoms with Crippen LogP contribution in [-0.2, 0) is 0 Å². The van der Waals surface area contributed by atoms with Gasteiger partial charge in [0.2, 0.25) is 0 Å². The van der Waals surface area contributed by atoms with Gasteiger partial charge in [0, 0.05) is 24.7 Å². The van der Waals surface area contributed by atoms with Gasteiger partial charge in [-0.25, -0.2) is 0 Å². The number of nitrogens with one attached hydrogen (secondary N) is 1. The molecule has 5 heteroatoms. The normalized spacial score (nSPS) is 13.9. The zero-order valence-corrected chi connectivity index (χ0v) is 12.9. The van der Waals surface area contributed by atoms with Crippen LogP contribution < -0.4 is 5.32 Å². The van der Waals surface area contributed by atoms with Gasteiger partial charge in [0.1, 0.15) is 0 Å². The van der Waals surface area contributed by atoms with E-state index in [2.05, 4.69) is 19.2 Å². The van der Waals surface area contributed by atoms with Crippen LogP contribution in [0.15, 0.2) is 24.3 Å². The third-order valence-corrected chi connectivity index (χ3v) is 3.63. The Hall–Kier alpha value is -1.46. The van der Waals surface area contributed by atoms with Gasteiger partial charge >= 0.3 is 0 Å². The van der Waals surface area contributed by atoms with E-state index in [9.17, 15) is 15.2 Å². The van der Waals surface area contributed by atoms with E-state index in [0.717, 1.165) is 19.3 Å². The van der Waals surface area contributed by atoms with Crippen molar-refractivity contribution in [2.24, 2.45) is 0 Å². The molecule has 0 aliphatic rings. The average molecular weight is 294 g/mol. The van der Waals surface area contributed by atoms with Gasteiger partial charge in [-0.15, -0.1) is 0 Å². The standard InChI is InChI=1S/C16H26N2O3/c1-3-5-7-14(6-4-2)17-12-16(19)13-8-10-15(11-9-13)18(20)21/h8-11,14,16-17,19H,3-7,12H2,1-2H3. The number of rotatable bonds is 10. The van der Waals surface area contributed by atoms with Crippen LogP contribution in [-0.4, -0.2) is 22.6 Å². The maximum absolute atomic E-state index is 10.6. The fourth-order valence-corrected chi connectivity index (χ4v) is 2.36. The molecule has 0 radical (unpaired) electrons.